The Labute approximate surface area is 99.5 Å². The van der Waals surface area contributed by atoms with Gasteiger partial charge in [-0.3, -0.25) is 0 Å². The molecule has 1 rings (SSSR count). The monoisotopic (exact) mass is 220 g/mol. The predicted molar refractivity (Wildman–Crippen MR) is 69.8 cm³/mol. The van der Waals surface area contributed by atoms with Gasteiger partial charge in [0.2, 0.25) is 0 Å². The number of aromatic hydroxyl groups is 1. The second kappa shape index (κ2) is 5.38. The van der Waals surface area contributed by atoms with E-state index in [4.69, 9.17) is 0 Å². The molecule has 0 unspecified atom stereocenters. The summed E-state index contributed by atoms with van der Waals surface area (Å²) in [5.74, 6) is 1.11. The Kier molecular flexibility index (Phi) is 4.40. The van der Waals surface area contributed by atoms with E-state index in [1.165, 1.54) is 24.8 Å². The molecule has 0 heterocycles. The van der Waals surface area contributed by atoms with Crippen LogP contribution in [0.25, 0.3) is 0 Å². The lowest BCUT2D eigenvalue weighted by Gasteiger charge is -2.28. The molecule has 0 aliphatic rings. The zero-order valence-corrected chi connectivity index (χ0v) is 11.0. The highest BCUT2D eigenvalue weighted by atomic mass is 16.3. The van der Waals surface area contributed by atoms with Crippen LogP contribution in [0, 0.1) is 5.92 Å². The molecule has 1 aromatic carbocycles. The van der Waals surface area contributed by atoms with E-state index in [1.54, 1.807) is 12.1 Å². The van der Waals surface area contributed by atoms with E-state index >= 15 is 0 Å². The molecule has 0 amide bonds. The lowest BCUT2D eigenvalue weighted by atomic mass is 9.76. The molecule has 90 valence electrons. The van der Waals surface area contributed by atoms with Crippen LogP contribution in [0.5, 0.6) is 5.75 Å². The van der Waals surface area contributed by atoms with Gasteiger partial charge >= 0.3 is 0 Å². The summed E-state index contributed by atoms with van der Waals surface area (Å²) in [4.78, 5) is 0. The molecule has 0 aliphatic carbocycles. The third-order valence-electron chi connectivity index (χ3n) is 3.29. The number of benzene rings is 1. The van der Waals surface area contributed by atoms with E-state index in [-0.39, 0.29) is 5.41 Å². The van der Waals surface area contributed by atoms with Crippen LogP contribution < -0.4 is 0 Å². The first-order chi connectivity index (χ1) is 7.45. The van der Waals surface area contributed by atoms with Crippen LogP contribution in [0.3, 0.4) is 0 Å². The fourth-order valence-electron chi connectivity index (χ4n) is 2.50. The lowest BCUT2D eigenvalue weighted by Crippen LogP contribution is -2.20. The molecule has 0 fully saturated rings. The number of hydrogen-bond acceptors (Lipinski definition) is 1. The molecule has 0 aliphatic heterocycles. The van der Waals surface area contributed by atoms with Gasteiger partial charge in [0.05, 0.1) is 0 Å². The van der Waals surface area contributed by atoms with Crippen LogP contribution in [-0.4, -0.2) is 5.11 Å². The van der Waals surface area contributed by atoms with Crippen LogP contribution in [0.15, 0.2) is 24.3 Å². The number of rotatable bonds is 5. The first kappa shape index (κ1) is 13.1. The summed E-state index contributed by atoms with van der Waals surface area (Å²) in [5.41, 5.74) is 1.51. The molecular weight excluding hydrogens is 196 g/mol. The van der Waals surface area contributed by atoms with Gasteiger partial charge in [-0.2, -0.15) is 0 Å². The summed E-state index contributed by atoms with van der Waals surface area (Å²) < 4.78 is 0. The molecule has 1 atom stereocenters. The quantitative estimate of drug-likeness (QED) is 0.774. The summed E-state index contributed by atoms with van der Waals surface area (Å²) >= 11 is 0. The van der Waals surface area contributed by atoms with Crippen LogP contribution in [0.4, 0.5) is 0 Å². The van der Waals surface area contributed by atoms with Crippen molar-refractivity contribution in [3.8, 4) is 5.75 Å². The summed E-state index contributed by atoms with van der Waals surface area (Å²) in [6.07, 6.45) is 3.75. The maximum absolute atomic E-state index is 9.29. The summed E-state index contributed by atoms with van der Waals surface area (Å²) in [5, 5.41) is 9.29. The van der Waals surface area contributed by atoms with Crippen molar-refractivity contribution in [2.24, 2.45) is 5.92 Å². The van der Waals surface area contributed by atoms with Crippen molar-refractivity contribution in [2.45, 2.75) is 52.4 Å². The standard InChI is InChI=1S/C15H24O/c1-5-6-12(2)11-15(3,4)13-7-9-14(16)10-8-13/h7-10,12,16H,5-6,11H2,1-4H3/t12-/m1/s1. The van der Waals surface area contributed by atoms with Crippen molar-refractivity contribution >= 4 is 0 Å². The smallest absolute Gasteiger partial charge is 0.115 e. The average Bonchev–Trinajstić information content (AvgIpc) is 2.17. The zero-order chi connectivity index (χ0) is 12.2. The lowest BCUT2D eigenvalue weighted by molar-refractivity contribution is 0.361. The topological polar surface area (TPSA) is 20.2 Å². The molecule has 1 heteroatoms. The maximum atomic E-state index is 9.29. The first-order valence-corrected chi connectivity index (χ1v) is 6.25. The molecule has 1 N–H and O–H groups in total. The van der Waals surface area contributed by atoms with Gasteiger partial charge in [0.15, 0.2) is 0 Å². The van der Waals surface area contributed by atoms with E-state index in [9.17, 15) is 5.11 Å². The fourth-order valence-corrected chi connectivity index (χ4v) is 2.50. The van der Waals surface area contributed by atoms with Gasteiger partial charge in [-0.1, -0.05) is 52.7 Å². The summed E-state index contributed by atoms with van der Waals surface area (Å²) in [7, 11) is 0. The van der Waals surface area contributed by atoms with Crippen LogP contribution in [-0.2, 0) is 5.41 Å². The first-order valence-electron chi connectivity index (χ1n) is 6.25. The molecule has 0 saturated carbocycles. The number of phenols is 1. The molecule has 0 radical (unpaired) electrons. The van der Waals surface area contributed by atoms with Gasteiger partial charge in [-0.05, 0) is 35.4 Å². The Morgan fingerprint density at radius 1 is 1.19 bits per heavy atom. The Morgan fingerprint density at radius 3 is 2.25 bits per heavy atom. The highest BCUT2D eigenvalue weighted by Crippen LogP contribution is 2.32. The molecule has 0 bridgehead atoms. The van der Waals surface area contributed by atoms with Crippen molar-refractivity contribution in [1.82, 2.24) is 0 Å². The third kappa shape index (κ3) is 3.55. The van der Waals surface area contributed by atoms with Gasteiger partial charge in [0, 0.05) is 0 Å². The molecule has 0 spiro atoms. The fraction of sp³-hybridized carbons (Fsp3) is 0.600. The third-order valence-corrected chi connectivity index (χ3v) is 3.29. The van der Waals surface area contributed by atoms with Crippen LogP contribution >= 0.6 is 0 Å². The molecule has 16 heavy (non-hydrogen) atoms. The van der Waals surface area contributed by atoms with Crippen molar-refractivity contribution in [1.29, 1.82) is 0 Å². The van der Waals surface area contributed by atoms with E-state index in [2.05, 4.69) is 27.7 Å². The normalized spacial score (nSPS) is 13.8. The van der Waals surface area contributed by atoms with Crippen molar-refractivity contribution in [2.75, 3.05) is 0 Å². The Morgan fingerprint density at radius 2 is 1.75 bits per heavy atom. The van der Waals surface area contributed by atoms with Gasteiger partial charge in [0.1, 0.15) is 5.75 Å². The molecular formula is C15H24O. The minimum Gasteiger partial charge on any atom is -0.508 e. The second-order valence-electron chi connectivity index (χ2n) is 5.53. The van der Waals surface area contributed by atoms with Gasteiger partial charge in [-0.25, -0.2) is 0 Å². The Balaban J connectivity index is 2.72. The largest absolute Gasteiger partial charge is 0.508 e. The number of phenolic OH excluding ortho intramolecular Hbond substituents is 1. The van der Waals surface area contributed by atoms with Crippen molar-refractivity contribution < 1.29 is 5.11 Å². The minimum absolute atomic E-state index is 0.197. The van der Waals surface area contributed by atoms with Crippen molar-refractivity contribution in [3.63, 3.8) is 0 Å². The molecule has 0 aromatic heterocycles. The molecule has 1 nitrogen and oxygen atoms in total. The predicted octanol–water partition coefficient (Wildman–Crippen LogP) is 4.50. The number of hydrogen-bond donors (Lipinski definition) is 1. The maximum Gasteiger partial charge on any atom is 0.115 e. The Bertz CT molecular complexity index is 311. The zero-order valence-electron chi connectivity index (χ0n) is 11.0. The van der Waals surface area contributed by atoms with E-state index in [0.717, 1.165) is 5.92 Å². The van der Waals surface area contributed by atoms with E-state index < -0.39 is 0 Å². The van der Waals surface area contributed by atoms with Gasteiger partial charge < -0.3 is 5.11 Å². The van der Waals surface area contributed by atoms with Crippen LogP contribution in [0.1, 0.15) is 52.5 Å². The molecule has 1 aromatic rings. The van der Waals surface area contributed by atoms with Crippen molar-refractivity contribution in [3.05, 3.63) is 29.8 Å². The second-order valence-corrected chi connectivity index (χ2v) is 5.53. The highest BCUT2D eigenvalue weighted by molar-refractivity contribution is 5.30. The van der Waals surface area contributed by atoms with Gasteiger partial charge in [0.25, 0.3) is 0 Å². The summed E-state index contributed by atoms with van der Waals surface area (Å²) in [6.45, 7) is 9.13. The van der Waals surface area contributed by atoms with E-state index in [0.29, 0.717) is 5.75 Å². The SMILES string of the molecule is CCC[C@@H](C)CC(C)(C)c1ccc(O)cc1. The molecule has 0 saturated heterocycles. The Hall–Kier alpha value is -0.980. The van der Waals surface area contributed by atoms with Gasteiger partial charge in [-0.15, -0.1) is 0 Å². The minimum atomic E-state index is 0.197. The van der Waals surface area contributed by atoms with Crippen LogP contribution in [0.2, 0.25) is 0 Å². The highest BCUT2D eigenvalue weighted by Gasteiger charge is 2.22. The average molecular weight is 220 g/mol. The summed E-state index contributed by atoms with van der Waals surface area (Å²) in [6, 6.07) is 7.63. The van der Waals surface area contributed by atoms with E-state index in [1.807, 2.05) is 12.1 Å².